The van der Waals surface area contributed by atoms with Gasteiger partial charge in [-0.05, 0) is 30.7 Å². The number of hydrogen-bond acceptors (Lipinski definition) is 4. The Morgan fingerprint density at radius 2 is 2.00 bits per heavy atom. The Bertz CT molecular complexity index is 611. The molecule has 1 unspecified atom stereocenters. The van der Waals surface area contributed by atoms with Crippen LogP contribution in [0.3, 0.4) is 0 Å². The first kappa shape index (κ1) is 15.0. The first-order valence-corrected chi connectivity index (χ1v) is 6.65. The monoisotopic (exact) mass is 286 g/mol. The van der Waals surface area contributed by atoms with Gasteiger partial charge < -0.3 is 15.2 Å². The summed E-state index contributed by atoms with van der Waals surface area (Å²) < 4.78 is 5.12. The van der Waals surface area contributed by atoms with Gasteiger partial charge in [-0.25, -0.2) is 0 Å². The van der Waals surface area contributed by atoms with Crippen molar-refractivity contribution in [3.63, 3.8) is 0 Å². The van der Waals surface area contributed by atoms with E-state index in [0.29, 0.717) is 5.56 Å². The molecule has 0 bridgehead atoms. The maximum Gasteiger partial charge on any atom is 0.253 e. The number of carbonyl (C=O) groups is 1. The number of aliphatic hydroxyl groups is 1. The molecule has 2 N–H and O–H groups in total. The van der Waals surface area contributed by atoms with E-state index in [-0.39, 0.29) is 18.6 Å². The summed E-state index contributed by atoms with van der Waals surface area (Å²) in [7, 11) is 1.61. The Balaban J connectivity index is 2.22. The molecule has 0 aliphatic rings. The van der Waals surface area contributed by atoms with Gasteiger partial charge in [0.05, 0.1) is 19.3 Å². The highest BCUT2D eigenvalue weighted by Crippen LogP contribution is 2.22. The summed E-state index contributed by atoms with van der Waals surface area (Å²) in [6.07, 6.45) is 3.21. The van der Waals surface area contributed by atoms with Crippen LogP contribution in [0.4, 0.5) is 0 Å². The molecule has 0 spiro atoms. The zero-order valence-electron chi connectivity index (χ0n) is 12.0. The van der Waals surface area contributed by atoms with Gasteiger partial charge in [0.1, 0.15) is 5.75 Å². The van der Waals surface area contributed by atoms with Gasteiger partial charge in [0.2, 0.25) is 0 Å². The molecule has 2 rings (SSSR count). The fraction of sp³-hybridized carbons (Fsp3) is 0.250. The first-order valence-electron chi connectivity index (χ1n) is 6.65. The van der Waals surface area contributed by atoms with E-state index in [1.165, 1.54) is 6.20 Å². The third kappa shape index (κ3) is 3.79. The van der Waals surface area contributed by atoms with Crippen molar-refractivity contribution in [1.29, 1.82) is 0 Å². The van der Waals surface area contributed by atoms with Gasteiger partial charge in [-0.15, -0.1) is 0 Å². The summed E-state index contributed by atoms with van der Waals surface area (Å²) in [6.45, 7) is 1.63. The van der Waals surface area contributed by atoms with E-state index in [1.807, 2.05) is 24.3 Å². The van der Waals surface area contributed by atoms with E-state index in [4.69, 9.17) is 9.84 Å². The molecule has 21 heavy (non-hydrogen) atoms. The Morgan fingerprint density at radius 3 is 2.62 bits per heavy atom. The molecule has 0 aliphatic carbocycles. The quantitative estimate of drug-likeness (QED) is 0.880. The van der Waals surface area contributed by atoms with E-state index in [2.05, 4.69) is 10.3 Å². The van der Waals surface area contributed by atoms with Crippen LogP contribution in [-0.4, -0.2) is 35.8 Å². The summed E-state index contributed by atoms with van der Waals surface area (Å²) in [6, 6.07) is 9.02. The fourth-order valence-electron chi connectivity index (χ4n) is 1.86. The summed E-state index contributed by atoms with van der Waals surface area (Å²) in [5.41, 5.74) is 2.26. The fourth-order valence-corrected chi connectivity index (χ4v) is 1.86. The first-order chi connectivity index (χ1) is 10.1. The number of aliphatic hydroxyl groups excluding tert-OH is 1. The Kier molecular flexibility index (Phi) is 4.90. The predicted molar refractivity (Wildman–Crippen MR) is 80.2 cm³/mol. The third-order valence-corrected chi connectivity index (χ3v) is 3.08. The number of benzene rings is 1. The molecule has 5 heteroatoms. The lowest BCUT2D eigenvalue weighted by molar-refractivity contribution is 0.0922. The number of methoxy groups -OCH3 is 1. The SMILES string of the molecule is COc1ccc(-c2cncc(C(=O)NC(C)CO)c2)cc1. The van der Waals surface area contributed by atoms with E-state index >= 15 is 0 Å². The van der Waals surface area contributed by atoms with Gasteiger partial charge in [-0.1, -0.05) is 12.1 Å². The lowest BCUT2D eigenvalue weighted by Crippen LogP contribution is -2.35. The molecule has 0 saturated carbocycles. The minimum Gasteiger partial charge on any atom is -0.497 e. The normalized spacial score (nSPS) is 11.8. The van der Waals surface area contributed by atoms with Crippen molar-refractivity contribution in [2.24, 2.45) is 0 Å². The maximum absolute atomic E-state index is 12.0. The lowest BCUT2D eigenvalue weighted by Gasteiger charge is -2.11. The van der Waals surface area contributed by atoms with Gasteiger partial charge in [0.25, 0.3) is 5.91 Å². The average Bonchev–Trinajstić information content (AvgIpc) is 2.55. The molecule has 0 saturated heterocycles. The number of pyridine rings is 1. The zero-order chi connectivity index (χ0) is 15.2. The molecule has 1 atom stereocenters. The third-order valence-electron chi connectivity index (χ3n) is 3.08. The summed E-state index contributed by atoms with van der Waals surface area (Å²) in [5, 5.41) is 11.7. The average molecular weight is 286 g/mol. The summed E-state index contributed by atoms with van der Waals surface area (Å²) in [5.74, 6) is 0.525. The molecular weight excluding hydrogens is 268 g/mol. The Morgan fingerprint density at radius 1 is 1.29 bits per heavy atom. The number of nitrogens with one attached hydrogen (secondary N) is 1. The van der Waals surface area contributed by atoms with Crippen molar-refractivity contribution >= 4 is 5.91 Å². The van der Waals surface area contributed by atoms with Crippen LogP contribution in [-0.2, 0) is 0 Å². The van der Waals surface area contributed by atoms with Gasteiger partial charge in [0, 0.05) is 24.0 Å². The van der Waals surface area contributed by atoms with Crippen molar-refractivity contribution in [3.8, 4) is 16.9 Å². The van der Waals surface area contributed by atoms with Gasteiger partial charge in [-0.3, -0.25) is 9.78 Å². The van der Waals surface area contributed by atoms with Crippen LogP contribution in [0, 0.1) is 0 Å². The molecule has 1 heterocycles. The number of amides is 1. The Labute approximate surface area is 123 Å². The van der Waals surface area contributed by atoms with Crippen molar-refractivity contribution in [1.82, 2.24) is 10.3 Å². The summed E-state index contributed by atoms with van der Waals surface area (Å²) in [4.78, 5) is 16.1. The maximum atomic E-state index is 12.0. The molecule has 1 aromatic carbocycles. The van der Waals surface area contributed by atoms with E-state index in [1.54, 1.807) is 26.3 Å². The molecular formula is C16H18N2O3. The number of nitrogens with zero attached hydrogens (tertiary/aromatic N) is 1. The molecule has 2 aromatic rings. The number of rotatable bonds is 5. The van der Waals surface area contributed by atoms with E-state index in [0.717, 1.165) is 16.9 Å². The zero-order valence-corrected chi connectivity index (χ0v) is 12.0. The topological polar surface area (TPSA) is 71.5 Å². The highest BCUT2D eigenvalue weighted by Gasteiger charge is 2.10. The molecule has 0 radical (unpaired) electrons. The van der Waals surface area contributed by atoms with Crippen LogP contribution in [0.25, 0.3) is 11.1 Å². The van der Waals surface area contributed by atoms with E-state index in [9.17, 15) is 4.79 Å². The van der Waals surface area contributed by atoms with Gasteiger partial charge in [-0.2, -0.15) is 0 Å². The largest absolute Gasteiger partial charge is 0.497 e. The second-order valence-electron chi connectivity index (χ2n) is 4.75. The number of aromatic nitrogens is 1. The Hall–Kier alpha value is -2.40. The standard InChI is InChI=1S/C16H18N2O3/c1-11(10-19)18-16(20)14-7-13(8-17-9-14)12-3-5-15(21-2)6-4-12/h3-9,11,19H,10H2,1-2H3,(H,18,20). The molecule has 1 aromatic heterocycles. The lowest BCUT2D eigenvalue weighted by atomic mass is 10.1. The highest BCUT2D eigenvalue weighted by molar-refractivity contribution is 5.95. The van der Waals surface area contributed by atoms with Crippen LogP contribution in [0.5, 0.6) is 5.75 Å². The molecule has 0 fully saturated rings. The number of ether oxygens (including phenoxy) is 1. The van der Waals surface area contributed by atoms with Crippen LogP contribution in [0.1, 0.15) is 17.3 Å². The second kappa shape index (κ2) is 6.85. The molecule has 0 aliphatic heterocycles. The van der Waals surface area contributed by atoms with Crippen LogP contribution >= 0.6 is 0 Å². The molecule has 1 amide bonds. The summed E-state index contributed by atoms with van der Waals surface area (Å²) >= 11 is 0. The van der Waals surface area contributed by atoms with Crippen molar-refractivity contribution < 1.29 is 14.6 Å². The second-order valence-corrected chi connectivity index (χ2v) is 4.75. The minimum atomic E-state index is -0.290. The van der Waals surface area contributed by atoms with Crippen LogP contribution in [0.15, 0.2) is 42.7 Å². The predicted octanol–water partition coefficient (Wildman–Crippen LogP) is 1.87. The number of carbonyl (C=O) groups excluding carboxylic acids is 1. The van der Waals surface area contributed by atoms with Crippen molar-refractivity contribution in [2.45, 2.75) is 13.0 Å². The molecule has 110 valence electrons. The molecule has 5 nitrogen and oxygen atoms in total. The van der Waals surface area contributed by atoms with Crippen LogP contribution in [0.2, 0.25) is 0 Å². The van der Waals surface area contributed by atoms with Gasteiger partial charge >= 0.3 is 0 Å². The number of hydrogen-bond donors (Lipinski definition) is 2. The highest BCUT2D eigenvalue weighted by atomic mass is 16.5. The smallest absolute Gasteiger partial charge is 0.253 e. The minimum absolute atomic E-state index is 0.0999. The van der Waals surface area contributed by atoms with Crippen molar-refractivity contribution in [2.75, 3.05) is 13.7 Å². The van der Waals surface area contributed by atoms with Crippen molar-refractivity contribution in [3.05, 3.63) is 48.3 Å². The van der Waals surface area contributed by atoms with Gasteiger partial charge in [0.15, 0.2) is 0 Å². The van der Waals surface area contributed by atoms with E-state index < -0.39 is 0 Å². The van der Waals surface area contributed by atoms with Crippen LogP contribution < -0.4 is 10.1 Å².